The lowest BCUT2D eigenvalue weighted by Gasteiger charge is -2.22. The summed E-state index contributed by atoms with van der Waals surface area (Å²) in [6.45, 7) is 3.31. The van der Waals surface area contributed by atoms with Gasteiger partial charge in [-0.2, -0.15) is 0 Å². The van der Waals surface area contributed by atoms with Crippen molar-refractivity contribution in [2.75, 3.05) is 7.05 Å². The van der Waals surface area contributed by atoms with E-state index in [9.17, 15) is 9.59 Å². The molecule has 0 heterocycles. The fraction of sp³-hybridized carbons (Fsp3) is 0.333. The van der Waals surface area contributed by atoms with Crippen molar-refractivity contribution in [2.24, 2.45) is 0 Å². The maximum Gasteiger partial charge on any atom is 0.326 e. The zero-order chi connectivity index (χ0) is 13.2. The highest BCUT2D eigenvalue weighted by Crippen LogP contribution is 2.19. The van der Waals surface area contributed by atoms with Gasteiger partial charge in [0.1, 0.15) is 6.04 Å². The van der Waals surface area contributed by atoms with Crippen LogP contribution in [0.4, 0.5) is 0 Å². The van der Waals surface area contributed by atoms with Gasteiger partial charge in [-0.25, -0.2) is 4.79 Å². The number of carboxylic acid groups (broad SMARTS) is 1. The number of carboxylic acids is 1. The molecule has 0 bridgehead atoms. The van der Waals surface area contributed by atoms with Crippen LogP contribution in [0.3, 0.4) is 0 Å². The number of aliphatic carboxylic acids is 1. The van der Waals surface area contributed by atoms with Crippen molar-refractivity contribution < 1.29 is 14.7 Å². The lowest BCUT2D eigenvalue weighted by atomic mass is 10.1. The van der Waals surface area contributed by atoms with Gasteiger partial charge < -0.3 is 10.0 Å². The van der Waals surface area contributed by atoms with E-state index in [4.69, 9.17) is 16.7 Å². The van der Waals surface area contributed by atoms with Gasteiger partial charge in [-0.1, -0.05) is 17.7 Å². The zero-order valence-electron chi connectivity index (χ0n) is 9.90. The number of hydrogen-bond donors (Lipinski definition) is 1. The van der Waals surface area contributed by atoms with E-state index in [2.05, 4.69) is 0 Å². The Morgan fingerprint density at radius 1 is 1.41 bits per heavy atom. The van der Waals surface area contributed by atoms with Gasteiger partial charge in [0.05, 0.1) is 10.6 Å². The van der Waals surface area contributed by atoms with E-state index in [0.29, 0.717) is 10.6 Å². The summed E-state index contributed by atoms with van der Waals surface area (Å²) in [4.78, 5) is 23.9. The van der Waals surface area contributed by atoms with Crippen molar-refractivity contribution >= 4 is 23.5 Å². The van der Waals surface area contributed by atoms with E-state index in [-0.39, 0.29) is 0 Å². The molecule has 0 fully saturated rings. The topological polar surface area (TPSA) is 57.6 Å². The molecule has 1 N–H and O–H groups in total. The van der Waals surface area contributed by atoms with Crippen LogP contribution in [0.5, 0.6) is 0 Å². The van der Waals surface area contributed by atoms with Gasteiger partial charge in [-0.05, 0) is 31.5 Å². The lowest BCUT2D eigenvalue weighted by molar-refractivity contribution is -0.141. The summed E-state index contributed by atoms with van der Waals surface area (Å²) in [5, 5.41) is 9.17. The second kappa shape index (κ2) is 5.19. The van der Waals surface area contributed by atoms with Crippen LogP contribution in [0.15, 0.2) is 18.2 Å². The third-order valence-corrected chi connectivity index (χ3v) is 2.93. The van der Waals surface area contributed by atoms with Crippen LogP contribution >= 0.6 is 11.6 Å². The minimum atomic E-state index is -1.05. The van der Waals surface area contributed by atoms with Crippen molar-refractivity contribution in [3.05, 3.63) is 34.3 Å². The highest BCUT2D eigenvalue weighted by Gasteiger charge is 2.24. The molecule has 4 nitrogen and oxygen atoms in total. The van der Waals surface area contributed by atoms with Crippen LogP contribution in [-0.2, 0) is 4.79 Å². The zero-order valence-corrected chi connectivity index (χ0v) is 10.7. The van der Waals surface area contributed by atoms with E-state index in [1.807, 2.05) is 6.92 Å². The quantitative estimate of drug-likeness (QED) is 0.901. The van der Waals surface area contributed by atoms with Crippen molar-refractivity contribution in [1.82, 2.24) is 4.90 Å². The molecule has 0 saturated carbocycles. The first-order valence-electron chi connectivity index (χ1n) is 5.10. The van der Waals surface area contributed by atoms with Crippen molar-refractivity contribution in [3.63, 3.8) is 0 Å². The molecule has 1 rings (SSSR count). The number of aryl methyl sites for hydroxylation is 1. The molecular weight excluding hydrogens is 242 g/mol. The number of rotatable bonds is 3. The second-order valence-corrected chi connectivity index (χ2v) is 4.32. The number of likely N-dealkylation sites (N-methyl/N-ethyl adjacent to an activating group) is 1. The number of benzene rings is 1. The Balaban J connectivity index is 3.00. The average Bonchev–Trinajstić information content (AvgIpc) is 2.26. The molecule has 1 unspecified atom stereocenters. The summed E-state index contributed by atoms with van der Waals surface area (Å²) >= 11 is 5.96. The Morgan fingerprint density at radius 3 is 2.47 bits per heavy atom. The summed E-state index contributed by atoms with van der Waals surface area (Å²) in [7, 11) is 1.44. The first-order valence-corrected chi connectivity index (χ1v) is 5.48. The smallest absolute Gasteiger partial charge is 0.326 e. The Hall–Kier alpha value is -1.55. The number of carbonyl (C=O) groups is 2. The third-order valence-electron chi connectivity index (χ3n) is 2.61. The number of carbonyl (C=O) groups excluding carboxylic acids is 1. The molecule has 0 spiro atoms. The predicted molar refractivity (Wildman–Crippen MR) is 65.4 cm³/mol. The third kappa shape index (κ3) is 2.97. The lowest BCUT2D eigenvalue weighted by Crippen LogP contribution is -2.40. The van der Waals surface area contributed by atoms with Crippen LogP contribution in [0, 0.1) is 6.92 Å². The Bertz CT molecular complexity index is 459. The van der Waals surface area contributed by atoms with Gasteiger partial charge in [0.15, 0.2) is 0 Å². The number of amides is 1. The van der Waals surface area contributed by atoms with Gasteiger partial charge in [-0.15, -0.1) is 0 Å². The second-order valence-electron chi connectivity index (χ2n) is 3.91. The molecule has 0 aromatic heterocycles. The first kappa shape index (κ1) is 13.5. The number of nitrogens with zero attached hydrogens (tertiary/aromatic N) is 1. The predicted octanol–water partition coefficient (Wildman–Crippen LogP) is 2.19. The molecule has 0 radical (unpaired) electrons. The highest BCUT2D eigenvalue weighted by atomic mass is 35.5. The van der Waals surface area contributed by atoms with E-state index in [1.165, 1.54) is 14.0 Å². The molecule has 1 amide bonds. The van der Waals surface area contributed by atoms with Crippen LogP contribution in [0.1, 0.15) is 22.8 Å². The molecule has 1 aromatic carbocycles. The fourth-order valence-corrected chi connectivity index (χ4v) is 1.64. The average molecular weight is 256 g/mol. The standard InChI is InChI=1S/C12H14ClNO3/c1-7-4-5-9(10(13)6-7)11(15)14(3)8(2)12(16)17/h4-6,8H,1-3H3,(H,16,17). The van der Waals surface area contributed by atoms with Gasteiger partial charge in [0.2, 0.25) is 0 Å². The van der Waals surface area contributed by atoms with Gasteiger partial charge in [0.25, 0.3) is 5.91 Å². The van der Waals surface area contributed by atoms with E-state index in [0.717, 1.165) is 10.5 Å². The van der Waals surface area contributed by atoms with Crippen LogP contribution in [0.25, 0.3) is 0 Å². The summed E-state index contributed by atoms with van der Waals surface area (Å²) in [5.41, 5.74) is 1.26. The summed E-state index contributed by atoms with van der Waals surface area (Å²) in [6.07, 6.45) is 0. The van der Waals surface area contributed by atoms with Crippen LogP contribution < -0.4 is 0 Å². The number of halogens is 1. The molecular formula is C12H14ClNO3. The van der Waals surface area contributed by atoms with Crippen molar-refractivity contribution in [3.8, 4) is 0 Å². The van der Waals surface area contributed by atoms with E-state index in [1.54, 1.807) is 18.2 Å². The monoisotopic (exact) mass is 255 g/mol. The highest BCUT2D eigenvalue weighted by molar-refractivity contribution is 6.33. The van der Waals surface area contributed by atoms with Gasteiger partial charge in [0, 0.05) is 7.05 Å². The number of hydrogen-bond acceptors (Lipinski definition) is 2. The van der Waals surface area contributed by atoms with Crippen molar-refractivity contribution in [2.45, 2.75) is 19.9 Å². The SMILES string of the molecule is Cc1ccc(C(=O)N(C)C(C)C(=O)O)c(Cl)c1. The maximum absolute atomic E-state index is 12.0. The molecule has 92 valence electrons. The first-order chi connectivity index (χ1) is 7.84. The molecule has 0 aliphatic heterocycles. The molecule has 1 aromatic rings. The normalized spacial score (nSPS) is 12.0. The molecule has 1 atom stereocenters. The van der Waals surface area contributed by atoms with Crippen molar-refractivity contribution in [1.29, 1.82) is 0 Å². The molecule has 5 heteroatoms. The van der Waals surface area contributed by atoms with Gasteiger partial charge in [-0.3, -0.25) is 4.79 Å². The Kier molecular flexibility index (Phi) is 4.12. The summed E-state index contributed by atoms with van der Waals surface area (Å²) < 4.78 is 0. The van der Waals surface area contributed by atoms with E-state index < -0.39 is 17.9 Å². The Labute approximate surface area is 105 Å². The fourth-order valence-electron chi connectivity index (χ4n) is 1.33. The largest absolute Gasteiger partial charge is 0.480 e. The summed E-state index contributed by atoms with van der Waals surface area (Å²) in [6, 6.07) is 4.15. The minimum absolute atomic E-state index is 0.313. The Morgan fingerprint density at radius 2 is 2.00 bits per heavy atom. The van der Waals surface area contributed by atoms with Gasteiger partial charge >= 0.3 is 5.97 Å². The molecule has 17 heavy (non-hydrogen) atoms. The maximum atomic E-state index is 12.0. The minimum Gasteiger partial charge on any atom is -0.480 e. The van der Waals surface area contributed by atoms with E-state index >= 15 is 0 Å². The van der Waals surface area contributed by atoms with Crippen LogP contribution in [-0.4, -0.2) is 35.0 Å². The molecule has 0 aliphatic rings. The summed E-state index contributed by atoms with van der Waals surface area (Å²) in [5.74, 6) is -1.45. The molecule has 0 aliphatic carbocycles. The van der Waals surface area contributed by atoms with Crippen LogP contribution in [0.2, 0.25) is 5.02 Å². The molecule has 0 saturated heterocycles.